The van der Waals surface area contributed by atoms with Crippen molar-refractivity contribution in [2.75, 3.05) is 18.9 Å². The number of aromatic nitrogens is 1. The average Bonchev–Trinajstić information content (AvgIpc) is 2.92. The van der Waals surface area contributed by atoms with Crippen LogP contribution in [0.2, 0.25) is 0 Å². The van der Waals surface area contributed by atoms with Crippen molar-refractivity contribution >= 4 is 11.6 Å². The van der Waals surface area contributed by atoms with Gasteiger partial charge < -0.3 is 20.8 Å². The highest BCUT2D eigenvalue weighted by Gasteiger charge is 2.49. The molecule has 1 heterocycles. The van der Waals surface area contributed by atoms with E-state index in [4.69, 9.17) is 0 Å². The molecule has 0 unspecified atom stereocenters. The summed E-state index contributed by atoms with van der Waals surface area (Å²) in [6.07, 6.45) is 5.39. The van der Waals surface area contributed by atoms with Crippen molar-refractivity contribution in [2.45, 2.75) is 63.6 Å². The molecular weight excluding hydrogens is 462 g/mol. The van der Waals surface area contributed by atoms with Crippen LogP contribution in [0.5, 0.6) is 0 Å². The first-order valence-corrected chi connectivity index (χ1v) is 13.2. The third kappa shape index (κ3) is 5.77. The molecule has 196 valence electrons. The third-order valence-corrected chi connectivity index (χ3v) is 8.24. The smallest absolute Gasteiger partial charge is 0.255 e. The van der Waals surface area contributed by atoms with Crippen molar-refractivity contribution in [1.82, 2.24) is 10.3 Å². The number of pyridine rings is 1. The van der Waals surface area contributed by atoms with E-state index in [-0.39, 0.29) is 23.8 Å². The predicted molar refractivity (Wildman–Crippen MR) is 148 cm³/mol. The van der Waals surface area contributed by atoms with Gasteiger partial charge in [0.05, 0.1) is 23.6 Å². The molecule has 0 radical (unpaired) electrons. The molecule has 1 saturated carbocycles. The summed E-state index contributed by atoms with van der Waals surface area (Å²) in [6, 6.07) is 19.8. The fraction of sp³-hybridized carbons (Fsp3) is 0.419. The van der Waals surface area contributed by atoms with Crippen LogP contribution in [0, 0.1) is 12.8 Å². The van der Waals surface area contributed by atoms with Crippen molar-refractivity contribution in [3.8, 4) is 0 Å². The lowest BCUT2D eigenvalue weighted by Gasteiger charge is -2.51. The summed E-state index contributed by atoms with van der Waals surface area (Å²) in [5.74, 6) is -0.0790. The standard InChI is InChI=1S/C31H39N3O3/c1-4-30(37)14-15-31(26(19-30)20-32-3,18-23-9-6-5-7-10-23)27-13-12-24(17-25(27)21-35)29(36)34-28-11-8-16-33-22(28)2/h5-13,16-17,26,32,35,37H,4,14-15,18-21H2,1-3H3,(H,34,36)/t26-,30+,31-/m0/s1. The second kappa shape index (κ2) is 11.5. The molecule has 37 heavy (non-hydrogen) atoms. The molecule has 6 nitrogen and oxygen atoms in total. The van der Waals surface area contributed by atoms with E-state index >= 15 is 0 Å². The van der Waals surface area contributed by atoms with E-state index < -0.39 is 5.60 Å². The van der Waals surface area contributed by atoms with Gasteiger partial charge >= 0.3 is 0 Å². The van der Waals surface area contributed by atoms with Crippen molar-refractivity contribution < 1.29 is 15.0 Å². The van der Waals surface area contributed by atoms with Gasteiger partial charge in [0.15, 0.2) is 0 Å². The molecule has 0 spiro atoms. The van der Waals surface area contributed by atoms with E-state index in [1.807, 2.05) is 44.3 Å². The normalized spacial score (nSPS) is 23.5. The number of carbonyl (C=O) groups is 1. The number of rotatable bonds is 9. The van der Waals surface area contributed by atoms with Crippen LogP contribution in [0.3, 0.4) is 0 Å². The van der Waals surface area contributed by atoms with Gasteiger partial charge in [-0.2, -0.15) is 0 Å². The van der Waals surface area contributed by atoms with Gasteiger partial charge in [0.2, 0.25) is 0 Å². The number of hydrogen-bond donors (Lipinski definition) is 4. The highest BCUT2D eigenvalue weighted by molar-refractivity contribution is 6.04. The lowest BCUT2D eigenvalue weighted by molar-refractivity contribution is -0.0480. The summed E-state index contributed by atoms with van der Waals surface area (Å²) in [4.78, 5) is 17.4. The van der Waals surface area contributed by atoms with Crippen LogP contribution in [0.1, 0.15) is 65.3 Å². The Hall–Kier alpha value is -3.06. The number of aryl methyl sites for hydroxylation is 1. The minimum atomic E-state index is -0.692. The zero-order valence-electron chi connectivity index (χ0n) is 22.1. The van der Waals surface area contributed by atoms with Crippen LogP contribution in [0.25, 0.3) is 0 Å². The average molecular weight is 502 g/mol. The number of benzene rings is 2. The first-order valence-electron chi connectivity index (χ1n) is 13.2. The number of hydrogen-bond acceptors (Lipinski definition) is 5. The van der Waals surface area contributed by atoms with Gasteiger partial charge in [0, 0.05) is 17.2 Å². The summed E-state index contributed by atoms with van der Waals surface area (Å²) in [5.41, 5.74) is 3.97. The van der Waals surface area contributed by atoms with Gasteiger partial charge in [-0.05, 0) is 99.5 Å². The maximum absolute atomic E-state index is 13.1. The van der Waals surface area contributed by atoms with Crippen molar-refractivity contribution in [1.29, 1.82) is 0 Å². The fourth-order valence-corrected chi connectivity index (χ4v) is 6.06. The molecule has 4 N–H and O–H groups in total. The summed E-state index contributed by atoms with van der Waals surface area (Å²) >= 11 is 0. The molecule has 0 aliphatic heterocycles. The van der Waals surface area contributed by atoms with Gasteiger partial charge in [-0.1, -0.05) is 43.3 Å². The number of anilines is 1. The molecule has 6 heteroatoms. The largest absolute Gasteiger partial charge is 0.392 e. The number of amides is 1. The van der Waals surface area contributed by atoms with Crippen molar-refractivity contribution in [3.63, 3.8) is 0 Å². The van der Waals surface area contributed by atoms with Crippen LogP contribution in [-0.4, -0.2) is 40.3 Å². The topological polar surface area (TPSA) is 94.5 Å². The second-order valence-corrected chi connectivity index (χ2v) is 10.5. The Morgan fingerprint density at radius 3 is 2.57 bits per heavy atom. The minimum Gasteiger partial charge on any atom is -0.392 e. The van der Waals surface area contributed by atoms with E-state index in [2.05, 4.69) is 46.8 Å². The van der Waals surface area contributed by atoms with Crippen molar-refractivity contribution in [3.05, 3.63) is 94.8 Å². The van der Waals surface area contributed by atoms with Crippen LogP contribution in [0.4, 0.5) is 5.69 Å². The molecule has 2 aromatic carbocycles. The minimum absolute atomic E-state index is 0.152. The molecule has 4 rings (SSSR count). The Bertz CT molecular complexity index is 1220. The Kier molecular flexibility index (Phi) is 8.42. The maximum Gasteiger partial charge on any atom is 0.255 e. The first-order chi connectivity index (χ1) is 17.8. The molecule has 1 aliphatic rings. The molecule has 3 aromatic rings. The van der Waals surface area contributed by atoms with E-state index in [1.165, 1.54) is 5.56 Å². The summed E-state index contributed by atoms with van der Waals surface area (Å²) < 4.78 is 0. The molecule has 1 amide bonds. The Morgan fingerprint density at radius 1 is 1.11 bits per heavy atom. The van der Waals surface area contributed by atoms with E-state index in [0.717, 1.165) is 36.2 Å². The van der Waals surface area contributed by atoms with Crippen LogP contribution >= 0.6 is 0 Å². The molecule has 0 saturated heterocycles. The number of aliphatic hydroxyl groups is 2. The number of carbonyl (C=O) groups excluding carboxylic acids is 1. The highest BCUT2D eigenvalue weighted by Crippen LogP contribution is 2.51. The SMILES string of the molecule is CC[C@@]1(O)CC[C@@](Cc2ccccc2)(c2ccc(C(=O)Nc3cccnc3C)cc2CO)[C@H](CNC)C1. The van der Waals surface area contributed by atoms with Gasteiger partial charge in [-0.25, -0.2) is 0 Å². The van der Waals surface area contributed by atoms with Gasteiger partial charge in [0.1, 0.15) is 0 Å². The van der Waals surface area contributed by atoms with Crippen LogP contribution in [0.15, 0.2) is 66.9 Å². The van der Waals surface area contributed by atoms with Gasteiger partial charge in [0.25, 0.3) is 5.91 Å². The van der Waals surface area contributed by atoms with Crippen molar-refractivity contribution in [2.24, 2.45) is 5.92 Å². The van der Waals surface area contributed by atoms with Gasteiger partial charge in [-0.15, -0.1) is 0 Å². The predicted octanol–water partition coefficient (Wildman–Crippen LogP) is 4.78. The van der Waals surface area contributed by atoms with E-state index in [0.29, 0.717) is 30.5 Å². The fourth-order valence-electron chi connectivity index (χ4n) is 6.06. The maximum atomic E-state index is 13.1. The van der Waals surface area contributed by atoms with Gasteiger partial charge in [-0.3, -0.25) is 9.78 Å². The Labute approximate surface area is 220 Å². The Balaban J connectivity index is 1.76. The monoisotopic (exact) mass is 501 g/mol. The highest BCUT2D eigenvalue weighted by atomic mass is 16.3. The lowest BCUT2D eigenvalue weighted by Crippen LogP contribution is -2.52. The summed E-state index contributed by atoms with van der Waals surface area (Å²) in [7, 11) is 1.95. The molecular formula is C31H39N3O3. The second-order valence-electron chi connectivity index (χ2n) is 10.5. The summed E-state index contributed by atoms with van der Waals surface area (Å²) in [6.45, 7) is 4.50. The van der Waals surface area contributed by atoms with Crippen LogP contribution < -0.4 is 10.6 Å². The molecule has 0 bridgehead atoms. The quantitative estimate of drug-likeness (QED) is 0.339. The number of nitrogens with zero attached hydrogens (tertiary/aromatic N) is 1. The zero-order valence-corrected chi connectivity index (χ0v) is 22.1. The molecule has 1 aromatic heterocycles. The molecule has 1 fully saturated rings. The number of aliphatic hydroxyl groups excluding tert-OH is 1. The molecule has 1 aliphatic carbocycles. The summed E-state index contributed by atoms with van der Waals surface area (Å²) in [5, 5.41) is 28.1. The zero-order chi connectivity index (χ0) is 26.5. The molecule has 3 atom stereocenters. The van der Waals surface area contributed by atoms with E-state index in [9.17, 15) is 15.0 Å². The Morgan fingerprint density at radius 2 is 1.89 bits per heavy atom. The third-order valence-electron chi connectivity index (χ3n) is 8.24. The van der Waals surface area contributed by atoms with Crippen LogP contribution in [-0.2, 0) is 18.4 Å². The van der Waals surface area contributed by atoms with E-state index in [1.54, 1.807) is 12.3 Å². The number of nitrogens with one attached hydrogen (secondary N) is 2. The first kappa shape index (κ1) is 27.0. The lowest BCUT2D eigenvalue weighted by atomic mass is 9.55.